The summed E-state index contributed by atoms with van der Waals surface area (Å²) in [7, 11) is -3.75. The molecule has 0 spiro atoms. The van der Waals surface area contributed by atoms with Crippen molar-refractivity contribution in [2.24, 2.45) is 0 Å². The number of ether oxygens (including phenoxy) is 3. The molecule has 3 aliphatic heterocycles. The summed E-state index contributed by atoms with van der Waals surface area (Å²) in [4.78, 5) is 41.9. The van der Waals surface area contributed by atoms with Crippen LogP contribution in [0.3, 0.4) is 0 Å². The second-order valence-electron chi connectivity index (χ2n) is 10.3. The number of phosphoric acid groups is 1. The molecule has 3 fully saturated rings. The quantitative estimate of drug-likeness (QED) is 0.146. The van der Waals surface area contributed by atoms with Gasteiger partial charge in [0, 0.05) is 7.11 Å². The van der Waals surface area contributed by atoms with Crippen LogP contribution in [0.4, 0.5) is 16.2 Å². The van der Waals surface area contributed by atoms with Crippen molar-refractivity contribution in [3.8, 4) is 0 Å². The van der Waals surface area contributed by atoms with Crippen molar-refractivity contribution in [1.29, 1.82) is 0 Å². The SMILES string of the molecule is CO[C@H]1[C@H]2OP(=O)(O)OC[C@H]3O[C@@H](n4cnc5c(N)ncnc54)[C@H](F)[C@@H]3OP(=O)(S)OC[C@H]1O[C@H]2c1snc2c(=O)[nH]c(N)nc12. The summed E-state index contributed by atoms with van der Waals surface area (Å²) in [6, 6.07) is 0. The molecule has 7 rings (SSSR count). The molecular formula is C21H24FN9O11P2S2. The van der Waals surface area contributed by atoms with E-state index in [0.717, 1.165) is 17.9 Å². The van der Waals surface area contributed by atoms with Crippen molar-refractivity contribution in [1.82, 2.24) is 33.9 Å². The molecule has 0 saturated carbocycles. The normalized spacial score (nSPS) is 37.1. The first-order chi connectivity index (χ1) is 21.9. The fourth-order valence-corrected chi connectivity index (χ4v) is 8.78. The largest absolute Gasteiger partial charge is 0.472 e. The van der Waals surface area contributed by atoms with Crippen LogP contribution in [0.5, 0.6) is 0 Å². The third kappa shape index (κ3) is 5.63. The molecule has 3 aliphatic rings. The third-order valence-corrected chi connectivity index (χ3v) is 11.0. The number of rotatable bonds is 3. The Morgan fingerprint density at radius 1 is 1.11 bits per heavy atom. The van der Waals surface area contributed by atoms with Gasteiger partial charge in [0.1, 0.15) is 54.0 Å². The van der Waals surface area contributed by atoms with Crippen molar-refractivity contribution in [2.75, 3.05) is 31.8 Å². The molecule has 248 valence electrons. The summed E-state index contributed by atoms with van der Waals surface area (Å²) in [6.07, 6.45) is -9.22. The highest BCUT2D eigenvalue weighted by atomic mass is 32.7. The number of alkyl halides is 1. The number of H-pyrrole nitrogens is 1. The van der Waals surface area contributed by atoms with Crippen LogP contribution in [0.1, 0.15) is 17.2 Å². The minimum absolute atomic E-state index is 0.0350. The van der Waals surface area contributed by atoms with Crippen molar-refractivity contribution >= 4 is 72.4 Å². The fraction of sp³-hybridized carbons (Fsp3) is 0.524. The van der Waals surface area contributed by atoms with Gasteiger partial charge in [-0.1, -0.05) is 12.2 Å². The number of nitrogens with two attached hydrogens (primary N) is 2. The zero-order valence-electron chi connectivity index (χ0n) is 23.2. The molecule has 4 aromatic rings. The molecule has 2 unspecified atom stereocenters. The van der Waals surface area contributed by atoms with E-state index in [1.165, 1.54) is 18.0 Å². The predicted molar refractivity (Wildman–Crippen MR) is 157 cm³/mol. The van der Waals surface area contributed by atoms with E-state index in [-0.39, 0.29) is 38.8 Å². The Bertz CT molecular complexity index is 1970. The summed E-state index contributed by atoms with van der Waals surface area (Å²) in [5, 5.41) is 0. The van der Waals surface area contributed by atoms with Crippen molar-refractivity contribution in [3.63, 3.8) is 0 Å². The minimum Gasteiger partial charge on any atom is -0.382 e. The van der Waals surface area contributed by atoms with Gasteiger partial charge in [-0.05, 0) is 11.5 Å². The van der Waals surface area contributed by atoms with E-state index in [2.05, 4.69) is 41.5 Å². The number of halogens is 1. The number of methoxy groups -OCH3 is 1. The van der Waals surface area contributed by atoms with Crippen LogP contribution in [0.25, 0.3) is 22.2 Å². The van der Waals surface area contributed by atoms with Gasteiger partial charge in [-0.15, -0.1) is 0 Å². The van der Waals surface area contributed by atoms with Gasteiger partial charge in [0.15, 0.2) is 29.4 Å². The molecule has 2 bridgehead atoms. The molecule has 0 aromatic carbocycles. The summed E-state index contributed by atoms with van der Waals surface area (Å²) >= 11 is 4.85. The number of nitrogen functional groups attached to an aromatic ring is 2. The fourth-order valence-electron chi connectivity index (χ4n) is 5.48. The number of aromatic nitrogens is 7. The van der Waals surface area contributed by atoms with Crippen LogP contribution in [-0.2, 0) is 41.4 Å². The lowest BCUT2D eigenvalue weighted by Gasteiger charge is -2.25. The maximum absolute atomic E-state index is 16.0. The number of fused-ring (bicyclic) bond motifs is 5. The summed E-state index contributed by atoms with van der Waals surface area (Å²) < 4.78 is 87.5. The second kappa shape index (κ2) is 11.8. The molecule has 4 aromatic heterocycles. The van der Waals surface area contributed by atoms with Crippen LogP contribution in [0, 0.1) is 0 Å². The number of aromatic amines is 1. The summed E-state index contributed by atoms with van der Waals surface area (Å²) in [5.41, 5.74) is 11.2. The van der Waals surface area contributed by atoms with Gasteiger partial charge in [-0.3, -0.25) is 32.4 Å². The van der Waals surface area contributed by atoms with Crippen molar-refractivity contribution in [2.45, 2.75) is 49.0 Å². The lowest BCUT2D eigenvalue weighted by Crippen LogP contribution is -2.36. The molecule has 0 radical (unpaired) electrons. The molecule has 0 aliphatic carbocycles. The average Bonchev–Trinajstić information content (AvgIpc) is 3.75. The lowest BCUT2D eigenvalue weighted by atomic mass is 10.1. The second-order valence-corrected chi connectivity index (χ2v) is 15.3. The minimum atomic E-state index is -5.03. The zero-order chi connectivity index (χ0) is 32.5. The Labute approximate surface area is 265 Å². The molecule has 46 heavy (non-hydrogen) atoms. The topological polar surface area (TPSA) is 273 Å². The smallest absolute Gasteiger partial charge is 0.382 e. The number of nitrogens with one attached hydrogen (secondary N) is 1. The Kier molecular flexibility index (Phi) is 8.18. The van der Waals surface area contributed by atoms with Crippen LogP contribution >= 0.6 is 38.4 Å². The molecule has 7 heterocycles. The molecule has 25 heteroatoms. The molecular weight excluding hydrogens is 699 g/mol. The average molecular weight is 724 g/mol. The number of phosphoric ester groups is 1. The molecule has 20 nitrogen and oxygen atoms in total. The van der Waals surface area contributed by atoms with Gasteiger partial charge in [-0.2, -0.15) is 4.37 Å². The van der Waals surface area contributed by atoms with E-state index in [9.17, 15) is 18.8 Å². The molecule has 3 saturated heterocycles. The van der Waals surface area contributed by atoms with Gasteiger partial charge in [0.05, 0.1) is 24.4 Å². The first-order valence-electron chi connectivity index (χ1n) is 13.2. The maximum Gasteiger partial charge on any atom is 0.472 e. The Hall–Kier alpha value is -2.66. The molecule has 6 N–H and O–H groups in total. The van der Waals surface area contributed by atoms with Crippen molar-refractivity contribution < 1.29 is 50.7 Å². The predicted octanol–water partition coefficient (Wildman–Crippen LogP) is 1.03. The highest BCUT2D eigenvalue weighted by Crippen LogP contribution is 2.59. The number of thiol groups is 1. The van der Waals surface area contributed by atoms with Crippen LogP contribution in [0.2, 0.25) is 0 Å². The van der Waals surface area contributed by atoms with E-state index in [0.29, 0.717) is 0 Å². The highest BCUT2D eigenvalue weighted by Gasteiger charge is 2.55. The third-order valence-electron chi connectivity index (χ3n) is 7.46. The van der Waals surface area contributed by atoms with E-state index in [4.69, 9.17) is 43.8 Å². The first kappa shape index (κ1) is 31.9. The van der Waals surface area contributed by atoms with Gasteiger partial charge in [0.2, 0.25) is 5.95 Å². The van der Waals surface area contributed by atoms with E-state index < -0.39 is 82.4 Å². The maximum atomic E-state index is 16.0. The van der Waals surface area contributed by atoms with Gasteiger partial charge in [0.25, 0.3) is 5.56 Å². The van der Waals surface area contributed by atoms with E-state index >= 15 is 4.39 Å². The number of anilines is 2. The van der Waals surface area contributed by atoms with Crippen LogP contribution < -0.4 is 17.0 Å². The van der Waals surface area contributed by atoms with Crippen molar-refractivity contribution in [3.05, 3.63) is 27.9 Å². The summed E-state index contributed by atoms with van der Waals surface area (Å²) in [6.45, 7) is -5.71. The lowest BCUT2D eigenvalue weighted by molar-refractivity contribution is -0.0516. The Balaban J connectivity index is 1.22. The summed E-state index contributed by atoms with van der Waals surface area (Å²) in [5.74, 6) is -0.174. The Morgan fingerprint density at radius 3 is 2.67 bits per heavy atom. The number of hydrogen-bond acceptors (Lipinski definition) is 18. The highest BCUT2D eigenvalue weighted by molar-refractivity contribution is 8.44. The van der Waals surface area contributed by atoms with Crippen LogP contribution in [0.15, 0.2) is 17.4 Å². The first-order valence-corrected chi connectivity index (χ1v) is 18.2. The van der Waals surface area contributed by atoms with Gasteiger partial charge in [-0.25, -0.2) is 33.5 Å². The molecule has 0 amide bonds. The van der Waals surface area contributed by atoms with Crippen LogP contribution in [-0.4, -0.2) is 95.8 Å². The zero-order valence-corrected chi connectivity index (χ0v) is 26.7. The van der Waals surface area contributed by atoms with E-state index in [1.54, 1.807) is 0 Å². The van der Waals surface area contributed by atoms with Gasteiger partial charge < -0.3 is 30.6 Å². The van der Waals surface area contributed by atoms with Gasteiger partial charge >= 0.3 is 14.6 Å². The molecule has 10 atom stereocenters. The Morgan fingerprint density at radius 2 is 1.89 bits per heavy atom. The standard InChI is InChI=1S/C21H24FN9O11P2S2/c1-36-13-7-3-38-44(35,45)42-12-6(40-20(8(12)22)31-5-27-11-17(23)25-4-26-18(11)31)2-37-43(33,34)41-14(13)15(39-7)16-9-10(30-46-16)19(32)29-21(24)28-9/h4-8,12-15,20H,2-3H2,1H3,(H,33,34)(H,35,45)(H2,23,25,26)(H3,24,28,29,32)/t6-,7-,8-,12-,13-,14-,15-,20-,44?/m1/s1. The number of hydrogen-bond donors (Lipinski definition) is 5. The monoisotopic (exact) mass is 723 g/mol. The van der Waals surface area contributed by atoms with E-state index in [1.807, 2.05) is 0 Å². The number of imidazole rings is 1. The number of nitrogens with zero attached hydrogens (tertiary/aromatic N) is 6.